The monoisotopic (exact) mass is 419 g/mol. The summed E-state index contributed by atoms with van der Waals surface area (Å²) in [7, 11) is 7.44. The molecule has 0 saturated carbocycles. The van der Waals surface area contributed by atoms with E-state index in [9.17, 15) is 0 Å². The minimum absolute atomic E-state index is 0.325. The molecule has 1 atom stereocenters. The van der Waals surface area contributed by atoms with Crippen molar-refractivity contribution in [2.45, 2.75) is 31.7 Å². The van der Waals surface area contributed by atoms with Crippen molar-refractivity contribution in [1.29, 1.82) is 0 Å². The fourth-order valence-corrected chi connectivity index (χ4v) is 3.88. The molecule has 0 spiro atoms. The Kier molecular flexibility index (Phi) is 11.6. The van der Waals surface area contributed by atoms with Crippen LogP contribution in [-0.4, -0.2) is 89.9 Å². The van der Waals surface area contributed by atoms with Gasteiger partial charge in [0.05, 0.1) is 13.2 Å². The van der Waals surface area contributed by atoms with Crippen molar-refractivity contribution in [3.63, 3.8) is 0 Å². The van der Waals surface area contributed by atoms with Crippen LogP contribution in [0.2, 0.25) is 0 Å². The predicted octanol–water partition coefficient (Wildman–Crippen LogP) is 2.36. The largest absolute Gasteiger partial charge is 0.497 e. The van der Waals surface area contributed by atoms with Crippen LogP contribution in [0.1, 0.15) is 37.3 Å². The fourth-order valence-electron chi connectivity index (χ4n) is 3.88. The number of hydrogen-bond acceptors (Lipinski definition) is 5. The summed E-state index contributed by atoms with van der Waals surface area (Å²) in [4.78, 5) is 9.32. The van der Waals surface area contributed by atoms with Crippen LogP contribution in [0.4, 0.5) is 0 Å². The van der Waals surface area contributed by atoms with Gasteiger partial charge in [0.15, 0.2) is 5.96 Å². The zero-order chi connectivity index (χ0) is 21.6. The Morgan fingerprint density at radius 1 is 1.10 bits per heavy atom. The van der Waals surface area contributed by atoms with Crippen LogP contribution in [0, 0.1) is 0 Å². The van der Waals surface area contributed by atoms with Crippen LogP contribution in [0.25, 0.3) is 0 Å². The number of nitrogens with one attached hydrogen (secondary N) is 2. The van der Waals surface area contributed by atoms with E-state index in [4.69, 9.17) is 9.47 Å². The van der Waals surface area contributed by atoms with E-state index in [1.165, 1.54) is 24.8 Å². The van der Waals surface area contributed by atoms with Gasteiger partial charge < -0.3 is 25.0 Å². The molecule has 1 heterocycles. The van der Waals surface area contributed by atoms with Gasteiger partial charge in [0.25, 0.3) is 0 Å². The highest BCUT2D eigenvalue weighted by Crippen LogP contribution is 2.25. The second kappa shape index (κ2) is 14.2. The van der Waals surface area contributed by atoms with Crippen molar-refractivity contribution < 1.29 is 9.47 Å². The summed E-state index contributed by atoms with van der Waals surface area (Å²) in [5, 5.41) is 6.99. The van der Waals surface area contributed by atoms with E-state index < -0.39 is 0 Å². The molecule has 0 aliphatic carbocycles. The highest BCUT2D eigenvalue weighted by Gasteiger charge is 2.22. The Morgan fingerprint density at radius 2 is 1.83 bits per heavy atom. The fraction of sp³-hybridized carbons (Fsp3) is 0.696. The lowest BCUT2D eigenvalue weighted by Crippen LogP contribution is -2.45. The Bertz CT molecular complexity index is 602. The van der Waals surface area contributed by atoms with Crippen molar-refractivity contribution in [1.82, 2.24) is 20.4 Å². The number of piperidine rings is 1. The molecule has 2 N–H and O–H groups in total. The molecule has 1 aromatic rings. The molecule has 1 saturated heterocycles. The quantitative estimate of drug-likeness (QED) is 0.308. The molecule has 1 aliphatic rings. The van der Waals surface area contributed by atoms with Gasteiger partial charge in [-0.15, -0.1) is 0 Å². The van der Waals surface area contributed by atoms with Crippen LogP contribution in [-0.2, 0) is 4.74 Å². The molecular formula is C23H41N5O2. The lowest BCUT2D eigenvalue weighted by atomic mass is 10.0. The van der Waals surface area contributed by atoms with Crippen molar-refractivity contribution in [3.8, 4) is 5.75 Å². The van der Waals surface area contributed by atoms with E-state index in [2.05, 4.69) is 56.7 Å². The Morgan fingerprint density at radius 3 is 2.47 bits per heavy atom. The van der Waals surface area contributed by atoms with E-state index in [1.54, 1.807) is 14.2 Å². The van der Waals surface area contributed by atoms with Gasteiger partial charge >= 0.3 is 0 Å². The van der Waals surface area contributed by atoms with Gasteiger partial charge in [-0.25, -0.2) is 0 Å². The third-order valence-corrected chi connectivity index (χ3v) is 5.69. The number of aliphatic imine (C=N–C) groups is 1. The summed E-state index contributed by atoms with van der Waals surface area (Å²) in [6, 6.07) is 8.81. The Labute approximate surface area is 182 Å². The van der Waals surface area contributed by atoms with Crippen molar-refractivity contribution in [2.24, 2.45) is 4.99 Å². The number of methoxy groups -OCH3 is 2. The van der Waals surface area contributed by atoms with Crippen molar-refractivity contribution in [2.75, 3.05) is 74.2 Å². The highest BCUT2D eigenvalue weighted by molar-refractivity contribution is 5.79. The first kappa shape index (κ1) is 24.4. The minimum atomic E-state index is 0.325. The van der Waals surface area contributed by atoms with Crippen molar-refractivity contribution in [3.05, 3.63) is 29.8 Å². The first-order chi connectivity index (χ1) is 14.7. The maximum atomic E-state index is 5.34. The summed E-state index contributed by atoms with van der Waals surface area (Å²) >= 11 is 0. The second-order valence-electron chi connectivity index (χ2n) is 7.92. The van der Waals surface area contributed by atoms with Gasteiger partial charge in [-0.1, -0.05) is 18.6 Å². The van der Waals surface area contributed by atoms with Crippen LogP contribution in [0.3, 0.4) is 0 Å². The van der Waals surface area contributed by atoms with E-state index in [0.29, 0.717) is 6.04 Å². The summed E-state index contributed by atoms with van der Waals surface area (Å²) < 4.78 is 10.5. The standard InChI is InChI=1S/C23H41N5O2/c1-24-23(25-13-17-27(2)14-8-18-29-3)26-19-22(28-15-6-5-7-16-28)20-9-11-21(30-4)12-10-20/h9-12,22H,5-8,13-19H2,1-4H3,(H2,24,25,26). The SMILES string of the molecule is CN=C(NCCN(C)CCCOC)NCC(c1ccc(OC)cc1)N1CCCCC1. The van der Waals surface area contributed by atoms with Gasteiger partial charge in [0.2, 0.25) is 0 Å². The smallest absolute Gasteiger partial charge is 0.191 e. The molecule has 1 unspecified atom stereocenters. The predicted molar refractivity (Wildman–Crippen MR) is 125 cm³/mol. The maximum Gasteiger partial charge on any atom is 0.191 e. The number of likely N-dealkylation sites (N-methyl/N-ethyl adjacent to an activating group) is 1. The molecule has 1 aromatic carbocycles. The molecule has 30 heavy (non-hydrogen) atoms. The van der Waals surface area contributed by atoms with Crippen LogP contribution in [0.5, 0.6) is 5.75 Å². The topological polar surface area (TPSA) is 61.4 Å². The zero-order valence-electron chi connectivity index (χ0n) is 19.3. The van der Waals surface area contributed by atoms with Crippen LogP contribution in [0.15, 0.2) is 29.3 Å². The van der Waals surface area contributed by atoms with Gasteiger partial charge in [-0.05, 0) is 57.1 Å². The molecule has 1 fully saturated rings. The third-order valence-electron chi connectivity index (χ3n) is 5.69. The summed E-state index contributed by atoms with van der Waals surface area (Å²) in [5.74, 6) is 1.76. The summed E-state index contributed by atoms with van der Waals surface area (Å²) in [5.41, 5.74) is 1.32. The second-order valence-corrected chi connectivity index (χ2v) is 7.92. The number of nitrogens with zero attached hydrogens (tertiary/aromatic N) is 3. The Hall–Kier alpha value is -1.83. The maximum absolute atomic E-state index is 5.34. The van der Waals surface area contributed by atoms with Crippen molar-refractivity contribution >= 4 is 5.96 Å². The Balaban J connectivity index is 1.87. The van der Waals surface area contributed by atoms with E-state index in [-0.39, 0.29) is 0 Å². The zero-order valence-corrected chi connectivity index (χ0v) is 19.3. The number of benzene rings is 1. The molecule has 2 rings (SSSR count). The number of rotatable bonds is 12. The molecule has 0 bridgehead atoms. The first-order valence-corrected chi connectivity index (χ1v) is 11.2. The summed E-state index contributed by atoms with van der Waals surface area (Å²) in [6.45, 7) is 6.81. The molecule has 170 valence electrons. The number of hydrogen-bond donors (Lipinski definition) is 2. The molecule has 1 aliphatic heterocycles. The van der Waals surface area contributed by atoms with Gasteiger partial charge in [0.1, 0.15) is 5.75 Å². The first-order valence-electron chi connectivity index (χ1n) is 11.2. The molecule has 0 amide bonds. The molecule has 0 radical (unpaired) electrons. The lowest BCUT2D eigenvalue weighted by molar-refractivity contribution is 0.164. The lowest BCUT2D eigenvalue weighted by Gasteiger charge is -2.35. The highest BCUT2D eigenvalue weighted by atomic mass is 16.5. The third kappa shape index (κ3) is 8.50. The van der Waals surface area contributed by atoms with E-state index in [1.807, 2.05) is 7.05 Å². The summed E-state index contributed by atoms with van der Waals surface area (Å²) in [6.07, 6.45) is 4.93. The minimum Gasteiger partial charge on any atom is -0.497 e. The molecular weight excluding hydrogens is 378 g/mol. The van der Waals surface area contributed by atoms with Gasteiger partial charge in [0, 0.05) is 46.9 Å². The number of likely N-dealkylation sites (tertiary alicyclic amines) is 1. The normalized spacial score (nSPS) is 16.5. The van der Waals surface area contributed by atoms with Gasteiger partial charge in [-0.3, -0.25) is 9.89 Å². The number of ether oxygens (including phenoxy) is 2. The molecule has 7 heteroatoms. The van der Waals surface area contributed by atoms with E-state index in [0.717, 1.165) is 64.0 Å². The average molecular weight is 420 g/mol. The van der Waals surface area contributed by atoms with Crippen LogP contribution < -0.4 is 15.4 Å². The number of guanidine groups is 1. The van der Waals surface area contributed by atoms with E-state index >= 15 is 0 Å². The molecule has 0 aromatic heterocycles. The van der Waals surface area contributed by atoms with Gasteiger partial charge in [-0.2, -0.15) is 0 Å². The molecule has 7 nitrogen and oxygen atoms in total. The average Bonchev–Trinajstić information content (AvgIpc) is 2.79. The van der Waals surface area contributed by atoms with Crippen LogP contribution >= 0.6 is 0 Å².